The molecule has 1 fully saturated rings. The molecular formula is C26H35N2O6S+. The summed E-state index contributed by atoms with van der Waals surface area (Å²) in [5.74, 6) is -0.718. The Morgan fingerprint density at radius 3 is 2.34 bits per heavy atom. The first kappa shape index (κ1) is 27.0. The van der Waals surface area contributed by atoms with Crippen LogP contribution in [0.3, 0.4) is 0 Å². The second kappa shape index (κ2) is 11.9. The third-order valence-corrected chi connectivity index (χ3v) is 8.12. The predicted octanol–water partition coefficient (Wildman–Crippen LogP) is 2.57. The van der Waals surface area contributed by atoms with Crippen molar-refractivity contribution in [2.24, 2.45) is 5.41 Å². The van der Waals surface area contributed by atoms with Crippen molar-refractivity contribution < 1.29 is 33.8 Å². The number of hydrogen-bond donors (Lipinski definition) is 3. The fraction of sp³-hybridized carbons (Fsp3) is 0.500. The van der Waals surface area contributed by atoms with Crippen molar-refractivity contribution in [2.75, 3.05) is 51.8 Å². The number of quaternary nitrogens is 1. The number of rotatable bonds is 11. The van der Waals surface area contributed by atoms with E-state index < -0.39 is 11.4 Å². The van der Waals surface area contributed by atoms with Crippen molar-refractivity contribution in [2.45, 2.75) is 32.6 Å². The number of anilines is 1. The van der Waals surface area contributed by atoms with Crippen LogP contribution in [0.5, 0.6) is 0 Å². The molecule has 1 aliphatic rings. The lowest BCUT2D eigenvalue weighted by atomic mass is 9.78. The molecule has 3 rings (SSSR count). The fourth-order valence-corrected chi connectivity index (χ4v) is 5.55. The minimum Gasteiger partial charge on any atom is -0.465 e. The Morgan fingerprint density at radius 1 is 1.09 bits per heavy atom. The van der Waals surface area contributed by atoms with Gasteiger partial charge in [0.2, 0.25) is 0 Å². The van der Waals surface area contributed by atoms with Gasteiger partial charge < -0.3 is 24.7 Å². The number of ether oxygens (including phenoxy) is 1. The molecule has 190 valence electrons. The molecule has 1 aliphatic heterocycles. The lowest BCUT2D eigenvalue weighted by Crippen LogP contribution is -2.61. The summed E-state index contributed by atoms with van der Waals surface area (Å²) in [4.78, 5) is 38.6. The summed E-state index contributed by atoms with van der Waals surface area (Å²) in [5.41, 5.74) is 1.71. The second-order valence-corrected chi connectivity index (χ2v) is 10.5. The van der Waals surface area contributed by atoms with E-state index in [-0.39, 0.29) is 42.5 Å². The quantitative estimate of drug-likeness (QED) is 0.321. The number of ketones is 1. The Bertz CT molecular complexity index is 1020. The van der Waals surface area contributed by atoms with E-state index in [0.717, 1.165) is 11.1 Å². The van der Waals surface area contributed by atoms with Gasteiger partial charge in [-0.1, -0.05) is 30.3 Å². The SMILES string of the molecule is COC(=O)c1scc(C)c1NC(=O)C[N+]1(CC(=O)CCc2ccccc2)CCC(CO)(CO)CC1. The van der Waals surface area contributed by atoms with Crippen molar-refractivity contribution in [3.63, 3.8) is 0 Å². The summed E-state index contributed by atoms with van der Waals surface area (Å²) in [7, 11) is 1.30. The molecule has 9 heteroatoms. The highest BCUT2D eigenvalue weighted by atomic mass is 32.1. The van der Waals surface area contributed by atoms with Crippen LogP contribution in [0.15, 0.2) is 35.7 Å². The molecule has 2 heterocycles. The van der Waals surface area contributed by atoms with E-state index in [0.29, 0.717) is 49.3 Å². The predicted molar refractivity (Wildman–Crippen MR) is 134 cm³/mol. The van der Waals surface area contributed by atoms with Gasteiger partial charge in [0.15, 0.2) is 12.3 Å². The Labute approximate surface area is 210 Å². The minimum atomic E-state index is -0.590. The highest BCUT2D eigenvalue weighted by molar-refractivity contribution is 7.12. The van der Waals surface area contributed by atoms with Crippen molar-refractivity contribution in [1.29, 1.82) is 0 Å². The third kappa shape index (κ3) is 6.76. The lowest BCUT2D eigenvalue weighted by Gasteiger charge is -2.46. The number of amides is 1. The molecule has 0 atom stereocenters. The molecule has 0 aliphatic carbocycles. The molecule has 2 aromatic rings. The Morgan fingerprint density at radius 2 is 1.74 bits per heavy atom. The van der Waals surface area contributed by atoms with Gasteiger partial charge in [0.1, 0.15) is 11.4 Å². The number of thiophene rings is 1. The van der Waals surface area contributed by atoms with E-state index >= 15 is 0 Å². The molecule has 0 bridgehead atoms. The average molecular weight is 504 g/mol. The number of Topliss-reactive ketones (excluding diaryl/α,β-unsaturated/α-hetero) is 1. The first-order valence-electron chi connectivity index (χ1n) is 11.8. The highest BCUT2D eigenvalue weighted by Gasteiger charge is 2.44. The van der Waals surface area contributed by atoms with E-state index in [1.807, 2.05) is 37.3 Å². The van der Waals surface area contributed by atoms with Gasteiger partial charge in [0, 0.05) is 24.7 Å². The highest BCUT2D eigenvalue weighted by Crippen LogP contribution is 2.35. The number of nitrogens with one attached hydrogen (secondary N) is 1. The van der Waals surface area contributed by atoms with Gasteiger partial charge in [-0.3, -0.25) is 9.59 Å². The number of methoxy groups -OCH3 is 1. The molecule has 1 aromatic heterocycles. The number of nitrogens with zero attached hydrogens (tertiary/aromatic N) is 1. The van der Waals surface area contributed by atoms with E-state index in [4.69, 9.17) is 4.74 Å². The zero-order valence-corrected chi connectivity index (χ0v) is 21.2. The lowest BCUT2D eigenvalue weighted by molar-refractivity contribution is -0.920. The Kier molecular flexibility index (Phi) is 9.18. The van der Waals surface area contributed by atoms with E-state index in [1.165, 1.54) is 18.4 Å². The van der Waals surface area contributed by atoms with Crippen LogP contribution in [0.25, 0.3) is 0 Å². The number of aryl methyl sites for hydroxylation is 2. The molecule has 0 saturated carbocycles. The van der Waals surface area contributed by atoms with Crippen molar-refractivity contribution in [1.82, 2.24) is 0 Å². The molecule has 1 amide bonds. The van der Waals surface area contributed by atoms with E-state index in [9.17, 15) is 24.6 Å². The summed E-state index contributed by atoms with van der Waals surface area (Å²) in [6.45, 7) is 2.83. The number of likely N-dealkylation sites (tertiary alicyclic amines) is 1. The monoisotopic (exact) mass is 503 g/mol. The van der Waals surface area contributed by atoms with Crippen LogP contribution in [-0.2, 0) is 20.7 Å². The topological polar surface area (TPSA) is 113 Å². The fourth-order valence-electron chi connectivity index (χ4n) is 4.63. The van der Waals surface area contributed by atoms with Gasteiger partial charge >= 0.3 is 5.97 Å². The number of aliphatic hydroxyl groups excluding tert-OH is 2. The van der Waals surface area contributed by atoms with Gasteiger partial charge in [-0.15, -0.1) is 11.3 Å². The number of aliphatic hydroxyl groups is 2. The molecule has 8 nitrogen and oxygen atoms in total. The summed E-state index contributed by atoms with van der Waals surface area (Å²) in [6.07, 6.45) is 2.06. The normalized spacial score (nSPS) is 16.5. The third-order valence-electron chi connectivity index (χ3n) is 7.04. The van der Waals surface area contributed by atoms with Gasteiger partial charge in [-0.2, -0.15) is 0 Å². The number of benzene rings is 1. The molecule has 0 spiro atoms. The number of piperidine rings is 1. The number of carbonyl (C=O) groups is 3. The smallest absolute Gasteiger partial charge is 0.350 e. The molecule has 1 saturated heterocycles. The number of hydrogen-bond acceptors (Lipinski definition) is 7. The molecule has 35 heavy (non-hydrogen) atoms. The van der Waals surface area contributed by atoms with Crippen LogP contribution in [0.2, 0.25) is 0 Å². The van der Waals surface area contributed by atoms with Crippen LogP contribution >= 0.6 is 11.3 Å². The first-order chi connectivity index (χ1) is 16.7. The summed E-state index contributed by atoms with van der Waals surface area (Å²) >= 11 is 1.21. The molecule has 0 unspecified atom stereocenters. The molecule has 0 radical (unpaired) electrons. The second-order valence-electron chi connectivity index (χ2n) is 9.61. The number of esters is 1. The van der Waals surface area contributed by atoms with Gasteiger partial charge in [-0.25, -0.2) is 4.79 Å². The molecule has 3 N–H and O–H groups in total. The van der Waals surface area contributed by atoms with Crippen LogP contribution < -0.4 is 5.32 Å². The Hall–Kier alpha value is -2.59. The van der Waals surface area contributed by atoms with E-state index in [1.54, 1.807) is 5.38 Å². The van der Waals surface area contributed by atoms with Crippen LogP contribution in [0, 0.1) is 12.3 Å². The van der Waals surface area contributed by atoms with Crippen LogP contribution in [0.4, 0.5) is 5.69 Å². The van der Waals surface area contributed by atoms with Crippen LogP contribution in [0.1, 0.15) is 40.1 Å². The maximum Gasteiger partial charge on any atom is 0.350 e. The number of carbonyl (C=O) groups excluding carboxylic acids is 3. The summed E-state index contributed by atoms with van der Waals surface area (Å²) < 4.78 is 5.09. The Balaban J connectivity index is 1.73. The van der Waals surface area contributed by atoms with Crippen molar-refractivity contribution >= 4 is 34.7 Å². The van der Waals surface area contributed by atoms with Gasteiger partial charge in [0.05, 0.1) is 39.1 Å². The van der Waals surface area contributed by atoms with Crippen LogP contribution in [-0.4, -0.2) is 78.9 Å². The van der Waals surface area contributed by atoms with Gasteiger partial charge in [-0.05, 0) is 29.9 Å². The maximum atomic E-state index is 13.2. The summed E-state index contributed by atoms with van der Waals surface area (Å²) in [6, 6.07) is 9.81. The average Bonchev–Trinajstić information content (AvgIpc) is 3.23. The van der Waals surface area contributed by atoms with Crippen molar-refractivity contribution in [3.05, 3.63) is 51.7 Å². The largest absolute Gasteiger partial charge is 0.465 e. The minimum absolute atomic E-state index is 0.0694. The molecule has 1 aromatic carbocycles. The standard InChI is InChI=1S/C26H34N2O6S/c1-19-16-35-24(25(33)34-2)23(19)27-22(32)15-28(12-10-26(17-29,18-30)11-13-28)14-21(31)9-8-20-6-4-3-5-7-20/h3-7,16,29-30H,8-15,17-18H2,1-2H3/p+1. The van der Waals surface area contributed by atoms with Crippen molar-refractivity contribution in [3.8, 4) is 0 Å². The summed E-state index contributed by atoms with van der Waals surface area (Å²) in [5, 5.41) is 24.3. The van der Waals surface area contributed by atoms with Gasteiger partial charge in [0.25, 0.3) is 5.91 Å². The maximum absolute atomic E-state index is 13.2. The zero-order valence-electron chi connectivity index (χ0n) is 20.4. The molecular weight excluding hydrogens is 468 g/mol. The van der Waals surface area contributed by atoms with E-state index in [2.05, 4.69) is 5.32 Å². The zero-order chi connectivity index (χ0) is 25.5. The first-order valence-corrected chi connectivity index (χ1v) is 12.7.